The molecule has 0 aromatic rings. The zero-order chi connectivity index (χ0) is 11.3. The first-order valence-corrected chi connectivity index (χ1v) is 5.37. The Hall–Kier alpha value is -0.995. The van der Waals surface area contributed by atoms with Gasteiger partial charge in [-0.15, -0.1) is 0 Å². The lowest BCUT2D eigenvalue weighted by atomic mass is 9.78. The molecule has 0 aromatic heterocycles. The maximum Gasteiger partial charge on any atom is 0.307 e. The third kappa shape index (κ3) is 3.57. The molecular weight excluding hydrogens is 193 g/mol. The van der Waals surface area contributed by atoms with Gasteiger partial charge in [-0.2, -0.15) is 0 Å². The number of aliphatic carboxylic acids is 1. The highest BCUT2D eigenvalue weighted by molar-refractivity contribution is 6.14. The summed E-state index contributed by atoms with van der Waals surface area (Å²) in [6.07, 6.45) is 5.13. The predicted octanol–water partition coefficient (Wildman–Crippen LogP) is 0.857. The van der Waals surface area contributed by atoms with Crippen LogP contribution in [0.2, 0.25) is 0 Å². The van der Waals surface area contributed by atoms with E-state index in [0.717, 1.165) is 25.7 Å². The molecule has 2 radical (unpaired) electrons. The minimum atomic E-state index is -0.884. The minimum absolute atomic E-state index is 0.00347. The van der Waals surface area contributed by atoms with Crippen LogP contribution >= 0.6 is 0 Å². The van der Waals surface area contributed by atoms with Crippen LogP contribution in [-0.4, -0.2) is 25.0 Å². The molecule has 4 nitrogen and oxygen atoms in total. The Morgan fingerprint density at radius 2 is 1.93 bits per heavy atom. The van der Waals surface area contributed by atoms with Gasteiger partial charge in [0.1, 0.15) is 0 Å². The molecule has 5 heteroatoms. The zero-order valence-electron chi connectivity index (χ0n) is 8.74. The Balaban J connectivity index is 2.55. The van der Waals surface area contributed by atoms with Gasteiger partial charge in [-0.1, -0.05) is 19.3 Å². The number of carbonyl (C=O) groups excluding carboxylic acids is 1. The molecule has 1 rings (SSSR count). The fraction of sp³-hybridized carbons (Fsp3) is 0.800. The van der Waals surface area contributed by atoms with Crippen LogP contribution in [0.3, 0.4) is 0 Å². The second-order valence-electron chi connectivity index (χ2n) is 4.11. The van der Waals surface area contributed by atoms with Crippen molar-refractivity contribution >= 4 is 19.9 Å². The molecule has 0 aliphatic heterocycles. The van der Waals surface area contributed by atoms with E-state index in [0.29, 0.717) is 0 Å². The highest BCUT2D eigenvalue weighted by Gasteiger charge is 2.30. The topological polar surface area (TPSA) is 66.4 Å². The molecule has 1 aliphatic rings. The summed E-state index contributed by atoms with van der Waals surface area (Å²) in [6, 6.07) is 0. The standard InChI is InChI=1S/C10H16BNO3/c11-12-9(13)6-8(10(14)15)7-4-2-1-3-5-7/h7-8H,1-6H2,(H,12,13)(H,14,15). The Morgan fingerprint density at radius 3 is 2.40 bits per heavy atom. The molecule has 0 saturated heterocycles. The summed E-state index contributed by atoms with van der Waals surface area (Å²) in [5, 5.41) is 11.0. The number of amides is 1. The molecule has 0 heterocycles. The monoisotopic (exact) mass is 209 g/mol. The average molecular weight is 209 g/mol. The van der Waals surface area contributed by atoms with E-state index < -0.39 is 17.8 Å². The van der Waals surface area contributed by atoms with E-state index in [9.17, 15) is 9.59 Å². The summed E-state index contributed by atoms with van der Waals surface area (Å²) in [7, 11) is 4.96. The van der Waals surface area contributed by atoms with Crippen LogP contribution in [0.15, 0.2) is 0 Å². The molecule has 1 saturated carbocycles. The highest BCUT2D eigenvalue weighted by atomic mass is 16.4. The lowest BCUT2D eigenvalue weighted by Gasteiger charge is -2.26. The van der Waals surface area contributed by atoms with Gasteiger partial charge in [0.05, 0.1) is 5.92 Å². The van der Waals surface area contributed by atoms with Crippen LogP contribution in [-0.2, 0) is 9.59 Å². The third-order valence-electron chi connectivity index (χ3n) is 3.10. The summed E-state index contributed by atoms with van der Waals surface area (Å²) in [6.45, 7) is 0. The molecular formula is C10H16BNO3. The van der Waals surface area contributed by atoms with Crippen molar-refractivity contribution in [2.24, 2.45) is 11.8 Å². The number of carbonyl (C=O) groups is 2. The van der Waals surface area contributed by atoms with E-state index in [-0.39, 0.29) is 12.3 Å². The van der Waals surface area contributed by atoms with E-state index in [1.807, 2.05) is 5.23 Å². The van der Waals surface area contributed by atoms with Gasteiger partial charge in [0.2, 0.25) is 13.9 Å². The first-order chi connectivity index (χ1) is 7.15. The molecule has 1 aliphatic carbocycles. The van der Waals surface area contributed by atoms with Crippen LogP contribution in [0.25, 0.3) is 0 Å². The number of nitrogens with one attached hydrogen (secondary N) is 1. The number of hydrogen-bond donors (Lipinski definition) is 2. The quantitative estimate of drug-likeness (QED) is 0.674. The van der Waals surface area contributed by atoms with Gasteiger partial charge < -0.3 is 10.3 Å². The van der Waals surface area contributed by atoms with Crippen LogP contribution in [0.5, 0.6) is 0 Å². The Bertz CT molecular complexity index is 239. The van der Waals surface area contributed by atoms with Crippen LogP contribution < -0.4 is 5.23 Å². The Labute approximate surface area is 90.9 Å². The van der Waals surface area contributed by atoms with E-state index in [4.69, 9.17) is 13.1 Å². The summed E-state index contributed by atoms with van der Waals surface area (Å²) in [5.74, 6) is -1.72. The molecule has 0 bridgehead atoms. The molecule has 82 valence electrons. The molecule has 0 aromatic carbocycles. The van der Waals surface area contributed by atoms with Gasteiger partial charge in [-0.25, -0.2) is 0 Å². The third-order valence-corrected chi connectivity index (χ3v) is 3.10. The van der Waals surface area contributed by atoms with E-state index in [1.165, 1.54) is 6.42 Å². The fourth-order valence-electron chi connectivity index (χ4n) is 2.25. The number of hydrogen-bond acceptors (Lipinski definition) is 2. The van der Waals surface area contributed by atoms with Gasteiger partial charge in [0.25, 0.3) is 0 Å². The lowest BCUT2D eigenvalue weighted by molar-refractivity contribution is -0.146. The van der Waals surface area contributed by atoms with Crippen molar-refractivity contribution in [3.63, 3.8) is 0 Å². The van der Waals surface area contributed by atoms with Crippen LogP contribution in [0.1, 0.15) is 38.5 Å². The molecule has 15 heavy (non-hydrogen) atoms. The van der Waals surface area contributed by atoms with Crippen LogP contribution in [0.4, 0.5) is 0 Å². The second-order valence-corrected chi connectivity index (χ2v) is 4.11. The lowest BCUT2D eigenvalue weighted by Crippen LogP contribution is -2.32. The fourth-order valence-corrected chi connectivity index (χ4v) is 2.25. The van der Waals surface area contributed by atoms with Gasteiger partial charge >= 0.3 is 5.97 Å². The summed E-state index contributed by atoms with van der Waals surface area (Å²) in [4.78, 5) is 22.1. The molecule has 1 fully saturated rings. The second kappa shape index (κ2) is 5.78. The summed E-state index contributed by atoms with van der Waals surface area (Å²) >= 11 is 0. The number of carboxylic acid groups (broad SMARTS) is 1. The van der Waals surface area contributed by atoms with Crippen molar-refractivity contribution in [2.45, 2.75) is 38.5 Å². The van der Waals surface area contributed by atoms with Crippen molar-refractivity contribution in [3.8, 4) is 0 Å². The zero-order valence-corrected chi connectivity index (χ0v) is 8.74. The Kier molecular flexibility index (Phi) is 4.65. The maximum absolute atomic E-state index is 11.1. The van der Waals surface area contributed by atoms with Crippen molar-refractivity contribution in [2.75, 3.05) is 0 Å². The molecule has 2 N–H and O–H groups in total. The van der Waals surface area contributed by atoms with Crippen molar-refractivity contribution in [3.05, 3.63) is 0 Å². The smallest absolute Gasteiger partial charge is 0.307 e. The SMILES string of the molecule is [B]NC(=O)CC(C(=O)O)C1CCCCC1. The summed E-state index contributed by atoms with van der Waals surface area (Å²) < 4.78 is 0. The van der Waals surface area contributed by atoms with E-state index in [2.05, 4.69) is 0 Å². The normalized spacial score (nSPS) is 19.5. The van der Waals surface area contributed by atoms with Gasteiger partial charge in [0, 0.05) is 6.42 Å². The largest absolute Gasteiger partial charge is 0.481 e. The predicted molar refractivity (Wildman–Crippen MR) is 56.2 cm³/mol. The maximum atomic E-state index is 11.1. The van der Waals surface area contributed by atoms with Crippen LogP contribution in [0, 0.1) is 11.8 Å². The minimum Gasteiger partial charge on any atom is -0.481 e. The molecule has 1 amide bonds. The molecule has 1 atom stereocenters. The highest BCUT2D eigenvalue weighted by Crippen LogP contribution is 2.31. The molecule has 0 spiro atoms. The van der Waals surface area contributed by atoms with Crippen molar-refractivity contribution < 1.29 is 14.7 Å². The van der Waals surface area contributed by atoms with Gasteiger partial charge in [-0.3, -0.25) is 9.59 Å². The average Bonchev–Trinajstić information content (AvgIpc) is 2.26. The van der Waals surface area contributed by atoms with Crippen molar-refractivity contribution in [1.29, 1.82) is 0 Å². The summed E-state index contributed by atoms with van der Waals surface area (Å²) in [5.41, 5.74) is 0. The van der Waals surface area contributed by atoms with E-state index >= 15 is 0 Å². The number of carboxylic acids is 1. The van der Waals surface area contributed by atoms with Gasteiger partial charge in [0.15, 0.2) is 0 Å². The molecule has 1 unspecified atom stereocenters. The first kappa shape index (κ1) is 12.1. The Morgan fingerprint density at radius 1 is 1.33 bits per heavy atom. The van der Waals surface area contributed by atoms with Crippen molar-refractivity contribution in [1.82, 2.24) is 5.23 Å². The van der Waals surface area contributed by atoms with E-state index in [1.54, 1.807) is 0 Å². The number of rotatable bonds is 4. The first-order valence-electron chi connectivity index (χ1n) is 5.37. The van der Waals surface area contributed by atoms with Gasteiger partial charge in [-0.05, 0) is 18.8 Å².